The molecular weight excluding hydrogens is 387 g/mol. The zero-order valence-electron chi connectivity index (χ0n) is 17.2. The van der Waals surface area contributed by atoms with Gasteiger partial charge >= 0.3 is 11.9 Å². The Hall–Kier alpha value is -1.87. The molecule has 0 saturated carbocycles. The van der Waals surface area contributed by atoms with Crippen LogP contribution in [0.3, 0.4) is 0 Å². The number of hydrogen-bond acceptors (Lipinski definition) is 8. The number of rotatable bonds is 8. The highest BCUT2D eigenvalue weighted by atomic mass is 19.1. The summed E-state index contributed by atoms with van der Waals surface area (Å²) in [7, 11) is 0. The average Bonchev–Trinajstić information content (AvgIpc) is 2.74. The highest BCUT2D eigenvalue weighted by Crippen LogP contribution is 2.19. The van der Waals surface area contributed by atoms with E-state index in [4.69, 9.17) is 14.2 Å². The molecule has 0 aromatic heterocycles. The van der Waals surface area contributed by atoms with Crippen LogP contribution in [0.2, 0.25) is 0 Å². The molecule has 2 aliphatic heterocycles. The molecule has 1 atom stereocenters. The first-order chi connectivity index (χ1) is 13.9. The van der Waals surface area contributed by atoms with Crippen LogP contribution < -0.4 is 0 Å². The van der Waals surface area contributed by atoms with Crippen LogP contribution in [-0.4, -0.2) is 69.3 Å². The molecule has 2 fully saturated rings. The van der Waals surface area contributed by atoms with Crippen molar-refractivity contribution in [3.63, 3.8) is 0 Å². The van der Waals surface area contributed by atoms with Crippen molar-refractivity contribution in [2.75, 3.05) is 39.6 Å². The fraction of sp³-hybridized carbons (Fsp3) is 0.800. The Labute approximate surface area is 170 Å². The maximum Gasteiger partial charge on any atom is 0.348 e. The molecule has 166 valence electrons. The molecule has 1 unspecified atom stereocenters. The number of ether oxygens (including phenoxy) is 4. The number of alkyl halides is 1. The number of halogens is 1. The minimum Gasteiger partial charge on any atom is -0.466 e. The molecule has 0 bridgehead atoms. The predicted octanol–water partition coefficient (Wildman–Crippen LogP) is 1.82. The zero-order chi connectivity index (χ0) is 21.6. The van der Waals surface area contributed by atoms with Crippen molar-refractivity contribution in [2.24, 2.45) is 11.8 Å². The maximum atomic E-state index is 13.3. The zero-order valence-corrected chi connectivity index (χ0v) is 17.2. The van der Waals surface area contributed by atoms with Gasteiger partial charge in [-0.05, 0) is 39.5 Å². The Balaban J connectivity index is 0.000000291. The quantitative estimate of drug-likeness (QED) is 0.434. The normalized spacial score (nSPS) is 18.7. The van der Waals surface area contributed by atoms with Crippen LogP contribution >= 0.6 is 0 Å². The minimum atomic E-state index is -2.13. The van der Waals surface area contributed by atoms with E-state index in [9.17, 15) is 23.6 Å². The van der Waals surface area contributed by atoms with E-state index in [2.05, 4.69) is 4.74 Å². The molecule has 2 heterocycles. The number of hydrogen-bond donors (Lipinski definition) is 0. The second-order valence-electron chi connectivity index (χ2n) is 6.74. The highest BCUT2D eigenvalue weighted by Gasteiger charge is 2.34. The van der Waals surface area contributed by atoms with Crippen LogP contribution in [0.5, 0.6) is 0 Å². The second-order valence-corrected chi connectivity index (χ2v) is 6.74. The SMILES string of the molecule is CCOC(=O)C(F)C(=O)C1CCOCC1.CCOC(=O)CC(=O)C1CCOCC1. The van der Waals surface area contributed by atoms with Crippen LogP contribution in [0, 0.1) is 11.8 Å². The number of carbonyl (C=O) groups excluding carboxylic acids is 4. The predicted molar refractivity (Wildman–Crippen MR) is 99.9 cm³/mol. The molecule has 0 aliphatic carbocycles. The lowest BCUT2D eigenvalue weighted by Gasteiger charge is -2.21. The van der Waals surface area contributed by atoms with E-state index >= 15 is 0 Å². The van der Waals surface area contributed by atoms with Gasteiger partial charge in [0.1, 0.15) is 12.2 Å². The van der Waals surface area contributed by atoms with Gasteiger partial charge in [-0.25, -0.2) is 9.18 Å². The third-order valence-corrected chi connectivity index (χ3v) is 4.67. The van der Waals surface area contributed by atoms with E-state index in [0.717, 1.165) is 12.8 Å². The van der Waals surface area contributed by atoms with Gasteiger partial charge in [-0.2, -0.15) is 0 Å². The van der Waals surface area contributed by atoms with E-state index in [1.165, 1.54) is 0 Å². The van der Waals surface area contributed by atoms with Gasteiger partial charge in [0.25, 0.3) is 6.17 Å². The van der Waals surface area contributed by atoms with Gasteiger partial charge in [-0.3, -0.25) is 14.4 Å². The number of carbonyl (C=O) groups is 4. The van der Waals surface area contributed by atoms with Gasteiger partial charge in [0, 0.05) is 38.3 Å². The minimum absolute atomic E-state index is 0.00634. The van der Waals surface area contributed by atoms with Gasteiger partial charge < -0.3 is 18.9 Å². The van der Waals surface area contributed by atoms with Crippen molar-refractivity contribution in [3.05, 3.63) is 0 Å². The fourth-order valence-corrected chi connectivity index (χ4v) is 3.04. The Morgan fingerprint density at radius 3 is 1.83 bits per heavy atom. The van der Waals surface area contributed by atoms with Crippen molar-refractivity contribution in [1.82, 2.24) is 0 Å². The lowest BCUT2D eigenvalue weighted by molar-refractivity contribution is -0.155. The summed E-state index contributed by atoms with van der Waals surface area (Å²) in [5, 5.41) is 0. The van der Waals surface area contributed by atoms with E-state index in [1.807, 2.05) is 0 Å². The Morgan fingerprint density at radius 2 is 1.34 bits per heavy atom. The molecule has 0 radical (unpaired) electrons. The lowest BCUT2D eigenvalue weighted by Crippen LogP contribution is -2.35. The summed E-state index contributed by atoms with van der Waals surface area (Å²) in [6.07, 6.45) is 0.222. The van der Waals surface area contributed by atoms with E-state index in [-0.39, 0.29) is 24.7 Å². The summed E-state index contributed by atoms with van der Waals surface area (Å²) in [5.74, 6) is -2.58. The number of esters is 2. The van der Waals surface area contributed by atoms with Crippen molar-refractivity contribution in [2.45, 2.75) is 52.1 Å². The Kier molecular flexibility index (Phi) is 12.3. The smallest absolute Gasteiger partial charge is 0.348 e. The molecular formula is C20H31FO8. The summed E-state index contributed by atoms with van der Waals surface area (Å²) in [6.45, 7) is 5.87. The van der Waals surface area contributed by atoms with E-state index in [0.29, 0.717) is 45.9 Å². The van der Waals surface area contributed by atoms with Gasteiger partial charge in [-0.15, -0.1) is 0 Å². The Bertz CT molecular complexity index is 539. The molecule has 0 N–H and O–H groups in total. The first-order valence-corrected chi connectivity index (χ1v) is 10.1. The van der Waals surface area contributed by atoms with E-state index in [1.54, 1.807) is 13.8 Å². The maximum absolute atomic E-state index is 13.3. The average molecular weight is 418 g/mol. The third-order valence-electron chi connectivity index (χ3n) is 4.67. The summed E-state index contributed by atoms with van der Waals surface area (Å²) in [5.41, 5.74) is 0. The molecule has 0 amide bonds. The highest BCUT2D eigenvalue weighted by molar-refractivity contribution is 6.03. The molecule has 0 aromatic rings. The topological polar surface area (TPSA) is 105 Å². The van der Waals surface area contributed by atoms with Crippen molar-refractivity contribution < 1.29 is 42.5 Å². The molecule has 29 heavy (non-hydrogen) atoms. The van der Waals surface area contributed by atoms with Crippen LogP contribution in [0.15, 0.2) is 0 Å². The van der Waals surface area contributed by atoms with E-state index < -0.39 is 29.8 Å². The molecule has 0 spiro atoms. The molecule has 2 rings (SSSR count). The molecule has 8 nitrogen and oxygen atoms in total. The van der Waals surface area contributed by atoms with Crippen molar-refractivity contribution in [1.29, 1.82) is 0 Å². The van der Waals surface area contributed by atoms with Gasteiger partial charge in [0.05, 0.1) is 13.2 Å². The van der Waals surface area contributed by atoms with Crippen molar-refractivity contribution >= 4 is 23.5 Å². The summed E-state index contributed by atoms with van der Waals surface area (Å²) in [6, 6.07) is 0. The van der Waals surface area contributed by atoms with Gasteiger partial charge in [0.15, 0.2) is 5.78 Å². The largest absolute Gasteiger partial charge is 0.466 e. The van der Waals surface area contributed by atoms with Crippen LogP contribution in [-0.2, 0) is 38.1 Å². The number of Topliss-reactive ketones (excluding diaryl/α,β-unsaturated/α-hetero) is 2. The summed E-state index contributed by atoms with van der Waals surface area (Å²) in [4.78, 5) is 45.0. The fourth-order valence-electron chi connectivity index (χ4n) is 3.04. The Morgan fingerprint density at radius 1 is 0.862 bits per heavy atom. The summed E-state index contributed by atoms with van der Waals surface area (Å²) >= 11 is 0. The summed E-state index contributed by atoms with van der Waals surface area (Å²) < 4.78 is 32.6. The first-order valence-electron chi connectivity index (χ1n) is 10.1. The monoisotopic (exact) mass is 418 g/mol. The number of ketones is 2. The van der Waals surface area contributed by atoms with Crippen LogP contribution in [0.25, 0.3) is 0 Å². The van der Waals surface area contributed by atoms with Crippen LogP contribution in [0.1, 0.15) is 46.0 Å². The molecule has 0 aromatic carbocycles. The lowest BCUT2D eigenvalue weighted by atomic mass is 9.93. The molecule has 9 heteroatoms. The standard InChI is InChI=1S/C10H15FO4.C10H16O4/c1-2-15-10(13)8(11)9(12)7-3-5-14-6-4-7;1-2-14-10(12)7-9(11)8-3-5-13-6-4-8/h7-8H,2-6H2,1H3;8H,2-7H2,1H3. The first kappa shape index (κ1) is 25.2. The molecule has 2 aliphatic rings. The van der Waals surface area contributed by atoms with Gasteiger partial charge in [0.2, 0.25) is 0 Å². The second kappa shape index (κ2) is 14.2. The van der Waals surface area contributed by atoms with Crippen LogP contribution in [0.4, 0.5) is 4.39 Å². The third kappa shape index (κ3) is 9.45. The molecule has 2 saturated heterocycles. The van der Waals surface area contributed by atoms with Crippen molar-refractivity contribution in [3.8, 4) is 0 Å². The van der Waals surface area contributed by atoms with Gasteiger partial charge in [-0.1, -0.05) is 0 Å².